The molecule has 0 aromatic rings. The van der Waals surface area contributed by atoms with E-state index in [-0.39, 0.29) is 11.8 Å². The van der Waals surface area contributed by atoms with Crippen LogP contribution in [-0.2, 0) is 19.0 Å². The van der Waals surface area contributed by atoms with Crippen LogP contribution >= 0.6 is 0 Å². The Bertz CT molecular complexity index is 250. The average molecular weight is 304 g/mol. The minimum atomic E-state index is 0.0332. The fraction of sp³-hybridized carbons (Fsp3) is 0.933. The minimum absolute atomic E-state index is 0.0332. The molecule has 0 aromatic heterocycles. The molecule has 1 N–H and O–H groups in total. The van der Waals surface area contributed by atoms with E-state index in [0.717, 1.165) is 13.1 Å². The molecule has 0 unspecified atom stereocenters. The van der Waals surface area contributed by atoms with Gasteiger partial charge in [-0.3, -0.25) is 4.79 Å². The molecule has 0 saturated carbocycles. The monoisotopic (exact) mass is 304 g/mol. The van der Waals surface area contributed by atoms with Crippen LogP contribution in [0.4, 0.5) is 0 Å². The summed E-state index contributed by atoms with van der Waals surface area (Å²) in [6.07, 6.45) is 0. The fourth-order valence-corrected chi connectivity index (χ4v) is 1.62. The third-order valence-electron chi connectivity index (χ3n) is 2.86. The van der Waals surface area contributed by atoms with E-state index in [9.17, 15) is 4.79 Å². The van der Waals surface area contributed by atoms with Crippen LogP contribution in [0.25, 0.3) is 0 Å². The van der Waals surface area contributed by atoms with Crippen LogP contribution in [-0.4, -0.2) is 77.1 Å². The van der Waals surface area contributed by atoms with Crippen molar-refractivity contribution in [1.82, 2.24) is 10.2 Å². The predicted octanol–water partition coefficient (Wildman–Crippen LogP) is 0.760. The Kier molecular flexibility index (Phi) is 13.8. The summed E-state index contributed by atoms with van der Waals surface area (Å²) < 4.78 is 16.2. The summed E-state index contributed by atoms with van der Waals surface area (Å²) in [5, 5.41) is 3.18. The molecule has 0 saturated heterocycles. The lowest BCUT2D eigenvalue weighted by atomic mass is 10.2. The van der Waals surface area contributed by atoms with Crippen LogP contribution in [0.1, 0.15) is 20.8 Å². The second-order valence-corrected chi connectivity index (χ2v) is 5.11. The second kappa shape index (κ2) is 14.3. The topological polar surface area (TPSA) is 60.0 Å². The van der Waals surface area contributed by atoms with E-state index >= 15 is 0 Å². The van der Waals surface area contributed by atoms with E-state index in [0.29, 0.717) is 46.2 Å². The molecule has 0 heterocycles. The SMILES string of the molecule is CCNCCOCCOCCOCCN(C)C(=O)C(C)C. The van der Waals surface area contributed by atoms with Crippen molar-refractivity contribution in [2.24, 2.45) is 5.92 Å². The van der Waals surface area contributed by atoms with E-state index in [1.54, 1.807) is 11.9 Å². The number of amides is 1. The maximum absolute atomic E-state index is 11.6. The lowest BCUT2D eigenvalue weighted by Gasteiger charge is -2.19. The van der Waals surface area contributed by atoms with Gasteiger partial charge >= 0.3 is 0 Å². The van der Waals surface area contributed by atoms with Gasteiger partial charge in [-0.15, -0.1) is 0 Å². The molecule has 0 aliphatic rings. The van der Waals surface area contributed by atoms with Crippen LogP contribution in [0.2, 0.25) is 0 Å². The Labute approximate surface area is 129 Å². The van der Waals surface area contributed by atoms with Crippen LogP contribution in [0.15, 0.2) is 0 Å². The first-order chi connectivity index (χ1) is 10.1. The third-order valence-corrected chi connectivity index (χ3v) is 2.86. The first-order valence-electron chi connectivity index (χ1n) is 7.78. The van der Waals surface area contributed by atoms with Gasteiger partial charge in [0, 0.05) is 26.1 Å². The predicted molar refractivity (Wildman–Crippen MR) is 83.5 cm³/mol. The molecule has 6 nitrogen and oxygen atoms in total. The standard InChI is InChI=1S/C15H32N2O4/c1-5-16-6-8-19-10-12-21-13-11-20-9-7-17(4)15(18)14(2)3/h14,16H,5-13H2,1-4H3. The molecule has 0 atom stereocenters. The molecule has 21 heavy (non-hydrogen) atoms. The third kappa shape index (κ3) is 12.7. The van der Waals surface area contributed by atoms with Crippen molar-refractivity contribution in [3.8, 4) is 0 Å². The number of ether oxygens (including phenoxy) is 3. The smallest absolute Gasteiger partial charge is 0.224 e. The molecule has 0 spiro atoms. The molecule has 0 fully saturated rings. The molecule has 0 aliphatic carbocycles. The van der Waals surface area contributed by atoms with Crippen molar-refractivity contribution < 1.29 is 19.0 Å². The van der Waals surface area contributed by atoms with Gasteiger partial charge in [0.15, 0.2) is 0 Å². The molecule has 0 bridgehead atoms. The van der Waals surface area contributed by atoms with Gasteiger partial charge in [-0.25, -0.2) is 0 Å². The van der Waals surface area contributed by atoms with E-state index in [1.807, 2.05) is 13.8 Å². The molecule has 0 rings (SSSR count). The van der Waals surface area contributed by atoms with Gasteiger partial charge in [-0.05, 0) is 6.54 Å². The number of hydrogen-bond donors (Lipinski definition) is 1. The van der Waals surface area contributed by atoms with Crippen molar-refractivity contribution in [1.29, 1.82) is 0 Å². The zero-order valence-corrected chi connectivity index (χ0v) is 14.0. The molecule has 0 radical (unpaired) electrons. The van der Waals surface area contributed by atoms with Gasteiger partial charge in [-0.2, -0.15) is 0 Å². The van der Waals surface area contributed by atoms with Gasteiger partial charge in [-0.1, -0.05) is 20.8 Å². The molecule has 6 heteroatoms. The first-order valence-corrected chi connectivity index (χ1v) is 7.78. The van der Waals surface area contributed by atoms with Crippen LogP contribution in [0.3, 0.4) is 0 Å². The van der Waals surface area contributed by atoms with Crippen molar-refractivity contribution in [3.05, 3.63) is 0 Å². The van der Waals surface area contributed by atoms with E-state index in [2.05, 4.69) is 12.2 Å². The number of nitrogens with zero attached hydrogens (tertiary/aromatic N) is 1. The highest BCUT2D eigenvalue weighted by molar-refractivity contribution is 5.77. The van der Waals surface area contributed by atoms with Crippen molar-refractivity contribution in [2.45, 2.75) is 20.8 Å². The number of nitrogens with one attached hydrogen (secondary N) is 1. The van der Waals surface area contributed by atoms with Crippen molar-refractivity contribution in [2.75, 3.05) is 66.3 Å². The zero-order chi connectivity index (χ0) is 15.9. The maximum Gasteiger partial charge on any atom is 0.224 e. The van der Waals surface area contributed by atoms with E-state index in [1.165, 1.54) is 0 Å². The summed E-state index contributed by atoms with van der Waals surface area (Å²) in [5.74, 6) is 0.176. The Morgan fingerprint density at radius 3 is 2.05 bits per heavy atom. The summed E-state index contributed by atoms with van der Waals surface area (Å²) in [6.45, 7) is 11.9. The summed E-state index contributed by atoms with van der Waals surface area (Å²) in [7, 11) is 1.80. The summed E-state index contributed by atoms with van der Waals surface area (Å²) in [5.41, 5.74) is 0. The quantitative estimate of drug-likeness (QED) is 0.480. The van der Waals surface area contributed by atoms with E-state index in [4.69, 9.17) is 14.2 Å². The number of hydrogen-bond acceptors (Lipinski definition) is 5. The van der Waals surface area contributed by atoms with Crippen LogP contribution in [0.5, 0.6) is 0 Å². The molecular formula is C15H32N2O4. The van der Waals surface area contributed by atoms with Crippen LogP contribution in [0, 0.1) is 5.92 Å². The van der Waals surface area contributed by atoms with E-state index < -0.39 is 0 Å². The average Bonchev–Trinajstić information content (AvgIpc) is 2.47. The summed E-state index contributed by atoms with van der Waals surface area (Å²) in [4.78, 5) is 13.3. The minimum Gasteiger partial charge on any atom is -0.378 e. The highest BCUT2D eigenvalue weighted by Gasteiger charge is 2.11. The number of carbonyl (C=O) groups excluding carboxylic acids is 1. The Morgan fingerprint density at radius 1 is 1.00 bits per heavy atom. The molecular weight excluding hydrogens is 272 g/mol. The van der Waals surface area contributed by atoms with Crippen molar-refractivity contribution >= 4 is 5.91 Å². The van der Waals surface area contributed by atoms with Gasteiger partial charge in [0.1, 0.15) is 0 Å². The van der Waals surface area contributed by atoms with Crippen LogP contribution < -0.4 is 5.32 Å². The van der Waals surface area contributed by atoms with Gasteiger partial charge in [0.25, 0.3) is 0 Å². The summed E-state index contributed by atoms with van der Waals surface area (Å²) >= 11 is 0. The largest absolute Gasteiger partial charge is 0.378 e. The van der Waals surface area contributed by atoms with Gasteiger partial charge in [0.2, 0.25) is 5.91 Å². The highest BCUT2D eigenvalue weighted by atomic mass is 16.5. The lowest BCUT2D eigenvalue weighted by Crippen LogP contribution is -2.33. The van der Waals surface area contributed by atoms with Gasteiger partial charge < -0.3 is 24.4 Å². The van der Waals surface area contributed by atoms with Gasteiger partial charge in [0.05, 0.1) is 39.6 Å². The number of rotatable bonds is 14. The zero-order valence-electron chi connectivity index (χ0n) is 14.0. The molecule has 0 aromatic carbocycles. The highest BCUT2D eigenvalue weighted by Crippen LogP contribution is 1.98. The molecule has 1 amide bonds. The Morgan fingerprint density at radius 2 is 1.52 bits per heavy atom. The van der Waals surface area contributed by atoms with Crippen molar-refractivity contribution in [3.63, 3.8) is 0 Å². The number of likely N-dealkylation sites (N-methyl/N-ethyl adjacent to an activating group) is 2. The summed E-state index contributed by atoms with van der Waals surface area (Å²) in [6, 6.07) is 0. The normalized spacial score (nSPS) is 11.1. The molecule has 0 aliphatic heterocycles. The Balaban J connectivity index is 3.21. The first kappa shape index (κ1) is 20.3. The Hall–Kier alpha value is -0.690. The number of carbonyl (C=O) groups is 1. The second-order valence-electron chi connectivity index (χ2n) is 5.11. The maximum atomic E-state index is 11.6. The fourth-order valence-electron chi connectivity index (χ4n) is 1.62. The molecule has 126 valence electrons. The lowest BCUT2D eigenvalue weighted by molar-refractivity contribution is -0.133.